The van der Waals surface area contributed by atoms with Crippen molar-refractivity contribution in [1.29, 1.82) is 0 Å². The van der Waals surface area contributed by atoms with Gasteiger partial charge in [0.1, 0.15) is 6.04 Å². The van der Waals surface area contributed by atoms with Crippen molar-refractivity contribution in [3.8, 4) is 0 Å². The van der Waals surface area contributed by atoms with Crippen molar-refractivity contribution in [3.63, 3.8) is 0 Å². The van der Waals surface area contributed by atoms with Crippen LogP contribution < -0.4 is 15.4 Å². The number of carbonyl (C=O) groups is 2. The highest BCUT2D eigenvalue weighted by atomic mass is 32.2. The Balaban J connectivity index is 1.18. The number of sulfonamides is 1. The third kappa shape index (κ3) is 10.7. The summed E-state index contributed by atoms with van der Waals surface area (Å²) in [6, 6.07) is 37.2. The van der Waals surface area contributed by atoms with Crippen LogP contribution in [0.5, 0.6) is 0 Å². The minimum absolute atomic E-state index is 0.0221. The van der Waals surface area contributed by atoms with Crippen LogP contribution >= 0.6 is 11.8 Å². The van der Waals surface area contributed by atoms with Crippen molar-refractivity contribution >= 4 is 45.0 Å². The number of thioether (sulfide) groups is 1. The van der Waals surface area contributed by atoms with Gasteiger partial charge >= 0.3 is 0 Å². The fourth-order valence-electron chi connectivity index (χ4n) is 6.29. The summed E-state index contributed by atoms with van der Waals surface area (Å²) in [5.74, 6) is -0.00903. The van der Waals surface area contributed by atoms with E-state index in [1.54, 1.807) is 36.0 Å². The van der Waals surface area contributed by atoms with E-state index < -0.39 is 28.3 Å². The first-order valence-electron chi connectivity index (χ1n) is 18.0. The number of benzene rings is 5. The van der Waals surface area contributed by atoms with Crippen LogP contribution in [0.4, 0.5) is 11.4 Å². The topological polar surface area (TPSA) is 143 Å². The van der Waals surface area contributed by atoms with Gasteiger partial charge in [0, 0.05) is 40.4 Å². The predicted octanol–water partition coefficient (Wildman–Crippen LogP) is 7.56. The van der Waals surface area contributed by atoms with Gasteiger partial charge in [-0.2, -0.15) is 4.72 Å². The Morgan fingerprint density at radius 1 is 0.764 bits per heavy atom. The van der Waals surface area contributed by atoms with E-state index in [2.05, 4.69) is 22.3 Å². The zero-order valence-electron chi connectivity index (χ0n) is 30.8. The van der Waals surface area contributed by atoms with Crippen LogP contribution in [0.1, 0.15) is 54.1 Å². The SMILES string of the molecule is CC(=O)Nc1ccc(SC[C@H]2O[C@@H](c3ccc(NC(=O)[C@@H](Cc4ccccc4)NS(=O)(=O)c4ccc(C)cc4)cc3)O[C@@H](c3ccc(CO)cc3)[C@H]2C)cc1. The van der Waals surface area contributed by atoms with Crippen LogP contribution in [0.3, 0.4) is 0 Å². The Morgan fingerprint density at radius 3 is 2.02 bits per heavy atom. The van der Waals surface area contributed by atoms with Gasteiger partial charge in [0.05, 0.1) is 23.7 Å². The molecule has 0 aromatic heterocycles. The number of aliphatic hydroxyl groups is 1. The van der Waals surface area contributed by atoms with E-state index in [9.17, 15) is 23.1 Å². The number of carbonyl (C=O) groups excluding carboxylic acids is 2. The first-order valence-corrected chi connectivity index (χ1v) is 20.5. The second-order valence-corrected chi connectivity index (χ2v) is 16.4. The Hall–Kier alpha value is -4.82. The van der Waals surface area contributed by atoms with Crippen molar-refractivity contribution in [3.05, 3.63) is 155 Å². The summed E-state index contributed by atoms with van der Waals surface area (Å²) in [7, 11) is -4.00. The van der Waals surface area contributed by atoms with Crippen LogP contribution in [0.2, 0.25) is 0 Å². The predicted molar refractivity (Wildman–Crippen MR) is 215 cm³/mol. The summed E-state index contributed by atoms with van der Waals surface area (Å²) in [5.41, 5.74) is 5.46. The number of rotatable bonds is 14. The second-order valence-electron chi connectivity index (χ2n) is 13.6. The summed E-state index contributed by atoms with van der Waals surface area (Å²) in [4.78, 5) is 26.3. The fraction of sp³-hybridized carbons (Fsp3) is 0.256. The summed E-state index contributed by atoms with van der Waals surface area (Å²) in [6.45, 7) is 5.40. The molecule has 1 aliphatic rings. The molecule has 4 N–H and O–H groups in total. The minimum atomic E-state index is -4.00. The molecule has 1 heterocycles. The molecule has 1 fully saturated rings. The fourth-order valence-corrected chi connectivity index (χ4v) is 8.55. The molecular weight excluding hydrogens is 735 g/mol. The van der Waals surface area contributed by atoms with Gasteiger partial charge in [-0.3, -0.25) is 9.59 Å². The molecule has 5 aromatic rings. The van der Waals surface area contributed by atoms with Crippen LogP contribution in [-0.4, -0.2) is 43.2 Å². The van der Waals surface area contributed by atoms with Gasteiger partial charge in [0.25, 0.3) is 0 Å². The van der Waals surface area contributed by atoms with Crippen LogP contribution in [0.15, 0.2) is 137 Å². The number of hydrogen-bond acceptors (Lipinski definition) is 8. The van der Waals surface area contributed by atoms with E-state index in [4.69, 9.17) is 9.47 Å². The van der Waals surface area contributed by atoms with Crippen molar-refractivity contribution in [2.75, 3.05) is 16.4 Å². The molecule has 6 rings (SSSR count). The van der Waals surface area contributed by atoms with Gasteiger partial charge in [-0.15, -0.1) is 11.8 Å². The Kier molecular flexibility index (Phi) is 13.2. The maximum absolute atomic E-state index is 13.7. The summed E-state index contributed by atoms with van der Waals surface area (Å²) < 4.78 is 42.6. The lowest BCUT2D eigenvalue weighted by molar-refractivity contribution is -0.268. The number of aliphatic hydroxyl groups excluding tert-OH is 1. The van der Waals surface area contributed by atoms with E-state index >= 15 is 0 Å². The molecule has 2 amide bonds. The number of ether oxygens (including phenoxy) is 2. The van der Waals surface area contributed by atoms with E-state index in [0.717, 1.165) is 38.4 Å². The van der Waals surface area contributed by atoms with Gasteiger partial charge in [-0.25, -0.2) is 8.42 Å². The van der Waals surface area contributed by atoms with E-state index in [-0.39, 0.29) is 42.0 Å². The van der Waals surface area contributed by atoms with Crippen molar-refractivity contribution in [2.24, 2.45) is 5.92 Å². The molecule has 0 spiro atoms. The lowest BCUT2D eigenvalue weighted by Crippen LogP contribution is -2.45. The molecule has 0 aliphatic carbocycles. The Labute approximate surface area is 326 Å². The van der Waals surface area contributed by atoms with Gasteiger partial charge in [-0.05, 0) is 78.6 Å². The molecule has 10 nitrogen and oxygen atoms in total. The lowest BCUT2D eigenvalue weighted by Gasteiger charge is -2.41. The third-order valence-electron chi connectivity index (χ3n) is 9.39. The number of nitrogens with one attached hydrogen (secondary N) is 3. The molecule has 55 heavy (non-hydrogen) atoms. The minimum Gasteiger partial charge on any atom is -0.392 e. The lowest BCUT2D eigenvalue weighted by atomic mass is 9.91. The highest BCUT2D eigenvalue weighted by Crippen LogP contribution is 2.43. The third-order valence-corrected chi connectivity index (χ3v) is 12.0. The van der Waals surface area contributed by atoms with Crippen molar-refractivity contribution in [1.82, 2.24) is 4.72 Å². The Morgan fingerprint density at radius 2 is 1.38 bits per heavy atom. The summed E-state index contributed by atoms with van der Waals surface area (Å²) in [5, 5.41) is 15.3. The monoisotopic (exact) mass is 779 g/mol. The maximum Gasteiger partial charge on any atom is 0.242 e. The quantitative estimate of drug-likeness (QED) is 0.0847. The van der Waals surface area contributed by atoms with Crippen LogP contribution in [-0.2, 0) is 42.1 Å². The molecule has 12 heteroatoms. The van der Waals surface area contributed by atoms with Gasteiger partial charge < -0.3 is 25.2 Å². The van der Waals surface area contributed by atoms with E-state index in [0.29, 0.717) is 11.4 Å². The molecule has 5 aromatic carbocycles. The summed E-state index contributed by atoms with van der Waals surface area (Å²) in [6.07, 6.45) is -1.08. The van der Waals surface area contributed by atoms with Crippen LogP contribution in [0, 0.1) is 12.8 Å². The highest BCUT2D eigenvalue weighted by Gasteiger charge is 2.38. The first-order chi connectivity index (χ1) is 26.5. The zero-order valence-corrected chi connectivity index (χ0v) is 32.5. The standard InChI is InChI=1S/C43H45N3O7S2/c1-28-9-23-38(24-10-28)55(50,51)46-39(25-31-7-5-4-6-8-31)42(49)45-36-17-15-34(16-18-36)43-52-40(27-54-37-21-19-35(20-22-37)44-30(3)48)29(2)41(53-43)33-13-11-32(26-47)12-14-33/h4-24,29,39-41,43,46-47H,25-27H2,1-3H3,(H,44,48)(H,45,49)/t29-,39+,40+,41+,43+/m0/s1. The van der Waals surface area contributed by atoms with Gasteiger partial charge in [0.15, 0.2) is 6.29 Å². The molecule has 5 atom stereocenters. The van der Waals surface area contributed by atoms with Crippen molar-refractivity contribution in [2.45, 2.75) is 68.1 Å². The average molecular weight is 780 g/mol. The molecule has 0 saturated carbocycles. The first kappa shape index (κ1) is 39.9. The zero-order chi connectivity index (χ0) is 39.0. The second kappa shape index (κ2) is 18.2. The normalized spacial score (nSPS) is 19.0. The van der Waals surface area contributed by atoms with Gasteiger partial charge in [0.2, 0.25) is 21.8 Å². The molecule has 1 aliphatic heterocycles. The average Bonchev–Trinajstić information content (AvgIpc) is 3.18. The number of aryl methyl sites for hydroxylation is 1. The molecular formula is C43H45N3O7S2. The van der Waals surface area contributed by atoms with Gasteiger partial charge in [-0.1, -0.05) is 91.3 Å². The molecule has 286 valence electrons. The molecule has 1 saturated heterocycles. The molecule has 0 radical (unpaired) electrons. The van der Waals surface area contributed by atoms with E-state index in [1.807, 2.05) is 97.9 Å². The van der Waals surface area contributed by atoms with Crippen LogP contribution in [0.25, 0.3) is 0 Å². The Bertz CT molecular complexity index is 2150. The molecule has 0 unspecified atom stereocenters. The van der Waals surface area contributed by atoms with Crippen molar-refractivity contribution < 1.29 is 32.6 Å². The molecule has 0 bridgehead atoms. The maximum atomic E-state index is 13.7. The smallest absolute Gasteiger partial charge is 0.242 e. The number of amides is 2. The largest absolute Gasteiger partial charge is 0.392 e. The van der Waals surface area contributed by atoms with E-state index in [1.165, 1.54) is 19.1 Å². The number of hydrogen-bond donors (Lipinski definition) is 4. The highest BCUT2D eigenvalue weighted by molar-refractivity contribution is 7.99. The number of anilines is 2. The summed E-state index contributed by atoms with van der Waals surface area (Å²) >= 11 is 1.65.